The molecule has 0 atom stereocenters. The first kappa shape index (κ1) is 16.4. The van der Waals surface area contributed by atoms with Gasteiger partial charge in [-0.05, 0) is 6.92 Å². The van der Waals surface area contributed by atoms with Crippen molar-refractivity contribution in [3.05, 3.63) is 0 Å². The molecule has 0 aliphatic rings. The summed E-state index contributed by atoms with van der Waals surface area (Å²) in [6.07, 6.45) is 0.750. The van der Waals surface area contributed by atoms with Gasteiger partial charge in [0.15, 0.2) is 17.4 Å². The van der Waals surface area contributed by atoms with Crippen LogP contribution < -0.4 is 29.6 Å². The maximum absolute atomic E-state index is 8.81. The molecule has 0 aliphatic heterocycles. The summed E-state index contributed by atoms with van der Waals surface area (Å²) in [5.41, 5.74) is 0. The third-order valence-corrected chi connectivity index (χ3v) is 0. The fourth-order valence-electron chi connectivity index (χ4n) is 0. The van der Waals surface area contributed by atoms with E-state index in [0.717, 1.165) is 6.29 Å². The standard InChI is InChI=1S/C2H4O.Al.Na.4H/c1-2-3;;;;;;/h2H,1H3;;;;;;/q;;+1;;;;-1. The van der Waals surface area contributed by atoms with Gasteiger partial charge in [-0.3, -0.25) is 0 Å². The summed E-state index contributed by atoms with van der Waals surface area (Å²) in [5, 5.41) is 0. The summed E-state index contributed by atoms with van der Waals surface area (Å²) >= 11 is 0. The van der Waals surface area contributed by atoms with Crippen LogP contribution in [0.2, 0.25) is 0 Å². The van der Waals surface area contributed by atoms with Crippen molar-refractivity contribution in [1.82, 2.24) is 0 Å². The zero-order valence-electron chi connectivity index (χ0n) is 3.99. The smallest absolute Gasteiger partial charge is 1.00 e. The Balaban J connectivity index is -0.00000000667. The number of hydrogen-bond donors (Lipinski definition) is 0. The number of hydrogen-bond acceptors (Lipinski definition) is 1. The minimum absolute atomic E-state index is 0. The van der Waals surface area contributed by atoms with Crippen LogP contribution in [0.4, 0.5) is 0 Å². The van der Waals surface area contributed by atoms with Crippen LogP contribution in [0.1, 0.15) is 8.35 Å². The van der Waals surface area contributed by atoms with Crippen molar-refractivity contribution in [3.8, 4) is 0 Å². The van der Waals surface area contributed by atoms with Gasteiger partial charge < -0.3 is 6.22 Å². The van der Waals surface area contributed by atoms with E-state index in [-0.39, 0.29) is 48.3 Å². The Hall–Kier alpha value is 1.20. The van der Waals surface area contributed by atoms with E-state index in [1.54, 1.807) is 0 Å². The Morgan fingerprint density at radius 2 is 1.80 bits per heavy atom. The predicted octanol–water partition coefficient (Wildman–Crippen LogP) is -3.86. The number of carbonyl (C=O) groups is 1. The Morgan fingerprint density at radius 3 is 1.80 bits per heavy atom. The molecule has 0 radical (unpaired) electrons. The Morgan fingerprint density at radius 1 is 1.80 bits per heavy atom. The van der Waals surface area contributed by atoms with Crippen LogP contribution >= 0.6 is 0 Å². The van der Waals surface area contributed by atoms with Gasteiger partial charge in [0.2, 0.25) is 0 Å². The molecule has 0 amide bonds. The molecule has 0 aromatic carbocycles. The van der Waals surface area contributed by atoms with Crippen LogP contribution in [0.25, 0.3) is 0 Å². The molecule has 0 aromatic rings. The molecule has 0 spiro atoms. The SMILES string of the molecule is CC=O.[AlH3].[H-].[Na+]. The molecule has 0 heterocycles. The van der Waals surface area contributed by atoms with E-state index in [1.807, 2.05) is 0 Å². The van der Waals surface area contributed by atoms with Gasteiger partial charge in [0, 0.05) is 0 Å². The number of rotatable bonds is 0. The van der Waals surface area contributed by atoms with Gasteiger partial charge in [-0.2, -0.15) is 0 Å². The van der Waals surface area contributed by atoms with Crippen LogP contribution in [-0.2, 0) is 4.79 Å². The van der Waals surface area contributed by atoms with Gasteiger partial charge in [-0.1, -0.05) is 0 Å². The van der Waals surface area contributed by atoms with Crippen LogP contribution in [0.15, 0.2) is 0 Å². The zero-order chi connectivity index (χ0) is 2.71. The van der Waals surface area contributed by atoms with Crippen LogP contribution in [0.5, 0.6) is 0 Å². The molecule has 1 nitrogen and oxygen atoms in total. The zero-order valence-corrected chi connectivity index (χ0v) is 4.99. The molecule has 0 rings (SSSR count). The van der Waals surface area contributed by atoms with Crippen molar-refractivity contribution in [2.45, 2.75) is 6.92 Å². The molecule has 0 fully saturated rings. The van der Waals surface area contributed by atoms with Crippen molar-refractivity contribution >= 4 is 23.6 Å². The van der Waals surface area contributed by atoms with Gasteiger partial charge in [-0.15, -0.1) is 0 Å². The van der Waals surface area contributed by atoms with Crippen molar-refractivity contribution in [3.63, 3.8) is 0 Å². The van der Waals surface area contributed by atoms with Gasteiger partial charge in [-0.25, -0.2) is 0 Å². The molecule has 0 saturated carbocycles. The fraction of sp³-hybridized carbons (Fsp3) is 0.500. The second-order valence-electron chi connectivity index (χ2n) is 0.236. The minimum Gasteiger partial charge on any atom is -1.00 e. The van der Waals surface area contributed by atoms with Crippen LogP contribution in [-0.4, -0.2) is 23.6 Å². The summed E-state index contributed by atoms with van der Waals surface area (Å²) < 4.78 is 0. The molecular weight excluding hydrogens is 90.0 g/mol. The molecule has 0 N–H and O–H groups in total. The van der Waals surface area contributed by atoms with Gasteiger partial charge in [0.05, 0.1) is 0 Å². The van der Waals surface area contributed by atoms with Crippen LogP contribution in [0, 0.1) is 0 Å². The minimum atomic E-state index is 0. The van der Waals surface area contributed by atoms with E-state index in [9.17, 15) is 0 Å². The molecule has 0 aromatic heterocycles. The third-order valence-electron chi connectivity index (χ3n) is 0. The first-order chi connectivity index (χ1) is 1.41. The van der Waals surface area contributed by atoms with Gasteiger partial charge in [0.1, 0.15) is 6.29 Å². The first-order valence-corrected chi connectivity index (χ1v) is 0.813. The van der Waals surface area contributed by atoms with E-state index >= 15 is 0 Å². The topological polar surface area (TPSA) is 17.1 Å². The molecule has 0 bridgehead atoms. The summed E-state index contributed by atoms with van der Waals surface area (Å²) in [4.78, 5) is 8.81. The molecule has 3 heteroatoms. The summed E-state index contributed by atoms with van der Waals surface area (Å²) in [5.74, 6) is 0. The average Bonchev–Trinajstić information content (AvgIpc) is 0.918. The van der Waals surface area contributed by atoms with E-state index in [2.05, 4.69) is 0 Å². The molecular formula is C2H8AlNaO. The van der Waals surface area contributed by atoms with Crippen molar-refractivity contribution in [1.29, 1.82) is 0 Å². The predicted molar refractivity (Wildman–Crippen MR) is 22.8 cm³/mol. The largest absolute Gasteiger partial charge is 1.00 e. The molecule has 0 aliphatic carbocycles. The second-order valence-corrected chi connectivity index (χ2v) is 0.236. The van der Waals surface area contributed by atoms with Crippen LogP contribution in [0.3, 0.4) is 0 Å². The maximum Gasteiger partial charge on any atom is 1.00 e. The van der Waals surface area contributed by atoms with E-state index < -0.39 is 0 Å². The molecule has 0 saturated heterocycles. The normalized spacial score (nSPS) is 2.60. The summed E-state index contributed by atoms with van der Waals surface area (Å²) in [6.45, 7) is 1.44. The van der Waals surface area contributed by atoms with Gasteiger partial charge in [0.25, 0.3) is 0 Å². The average molecular weight is 98.1 g/mol. The summed E-state index contributed by atoms with van der Waals surface area (Å²) in [7, 11) is 0. The Bertz CT molecular complexity index is 21.0. The molecule has 26 valence electrons. The number of carbonyl (C=O) groups excluding carboxylic acids is 1. The van der Waals surface area contributed by atoms with Crippen molar-refractivity contribution in [2.24, 2.45) is 0 Å². The van der Waals surface area contributed by atoms with Crippen molar-refractivity contribution in [2.75, 3.05) is 0 Å². The first-order valence-electron chi connectivity index (χ1n) is 0.813. The fourth-order valence-corrected chi connectivity index (χ4v) is 0. The van der Waals surface area contributed by atoms with E-state index in [1.165, 1.54) is 6.92 Å². The van der Waals surface area contributed by atoms with Gasteiger partial charge >= 0.3 is 29.6 Å². The van der Waals surface area contributed by atoms with E-state index in [4.69, 9.17) is 4.79 Å². The third kappa shape index (κ3) is 36.9. The van der Waals surface area contributed by atoms with Crippen molar-refractivity contribution < 1.29 is 35.8 Å². The summed E-state index contributed by atoms with van der Waals surface area (Å²) in [6, 6.07) is 0. The monoisotopic (exact) mass is 98.0 g/mol. The molecule has 0 unspecified atom stereocenters. The second kappa shape index (κ2) is 18.9. The molecule has 5 heavy (non-hydrogen) atoms. The maximum atomic E-state index is 8.81. The quantitative estimate of drug-likeness (QED) is 0.224. The number of aldehydes is 1. The Labute approximate surface area is 66.0 Å². The Kier molecular flexibility index (Phi) is 62.0. The van der Waals surface area contributed by atoms with E-state index in [0.29, 0.717) is 0 Å².